The van der Waals surface area contributed by atoms with Crippen LogP contribution in [-0.2, 0) is 0 Å². The Labute approximate surface area is 115 Å². The van der Waals surface area contributed by atoms with Gasteiger partial charge in [0.05, 0.1) is 0 Å². The highest BCUT2D eigenvalue weighted by Gasteiger charge is 2.34. The second-order valence-corrected chi connectivity index (χ2v) is 5.94. The van der Waals surface area contributed by atoms with Crippen molar-refractivity contribution in [1.82, 2.24) is 4.90 Å². The van der Waals surface area contributed by atoms with Gasteiger partial charge in [0.2, 0.25) is 0 Å². The van der Waals surface area contributed by atoms with Crippen molar-refractivity contribution >= 4 is 0 Å². The van der Waals surface area contributed by atoms with Crippen LogP contribution < -0.4 is 5.73 Å². The zero-order valence-corrected chi connectivity index (χ0v) is 12.2. The molecule has 1 aliphatic rings. The van der Waals surface area contributed by atoms with Crippen molar-refractivity contribution in [1.29, 1.82) is 0 Å². The Bertz CT molecular complexity index is 431. The zero-order chi connectivity index (χ0) is 14.0. The lowest BCUT2D eigenvalue weighted by molar-refractivity contribution is 0.0642. The summed E-state index contributed by atoms with van der Waals surface area (Å²) in [5.41, 5.74) is 7.87. The molecule has 19 heavy (non-hydrogen) atoms. The lowest BCUT2D eigenvalue weighted by Crippen LogP contribution is -2.45. The third-order valence-corrected chi connectivity index (χ3v) is 4.23. The molecule has 2 atom stereocenters. The van der Waals surface area contributed by atoms with E-state index in [4.69, 9.17) is 5.73 Å². The number of benzene rings is 1. The number of hydrogen-bond donors (Lipinski definition) is 1. The summed E-state index contributed by atoms with van der Waals surface area (Å²) >= 11 is 0. The van der Waals surface area contributed by atoms with Crippen molar-refractivity contribution in [3.63, 3.8) is 0 Å². The molecule has 3 heteroatoms. The van der Waals surface area contributed by atoms with Gasteiger partial charge in [0.1, 0.15) is 5.82 Å². The maximum Gasteiger partial charge on any atom is 0.128 e. The zero-order valence-electron chi connectivity index (χ0n) is 12.2. The number of nitrogens with two attached hydrogens (primary N) is 1. The number of hydrogen-bond acceptors (Lipinski definition) is 2. The van der Waals surface area contributed by atoms with E-state index in [2.05, 4.69) is 18.7 Å². The summed E-state index contributed by atoms with van der Waals surface area (Å²) in [6.45, 7) is 8.04. The summed E-state index contributed by atoms with van der Waals surface area (Å²) in [5.74, 6) is 0.258. The maximum absolute atomic E-state index is 14.2. The summed E-state index contributed by atoms with van der Waals surface area (Å²) in [5, 5.41) is 0. The highest BCUT2D eigenvalue weighted by molar-refractivity contribution is 5.28. The molecule has 1 aromatic rings. The molecule has 0 amide bonds. The highest BCUT2D eigenvalue weighted by Crippen LogP contribution is 2.38. The second kappa shape index (κ2) is 6.02. The Morgan fingerprint density at radius 2 is 2.16 bits per heavy atom. The van der Waals surface area contributed by atoms with Gasteiger partial charge < -0.3 is 5.73 Å². The van der Waals surface area contributed by atoms with Crippen LogP contribution in [0.15, 0.2) is 18.2 Å². The fourth-order valence-corrected chi connectivity index (χ4v) is 3.25. The molecule has 1 aromatic carbocycles. The lowest BCUT2D eigenvalue weighted by Gasteiger charge is -2.43. The van der Waals surface area contributed by atoms with Crippen molar-refractivity contribution in [2.45, 2.75) is 45.7 Å². The van der Waals surface area contributed by atoms with Gasteiger partial charge in [-0.05, 0) is 58.7 Å². The van der Waals surface area contributed by atoms with Crippen molar-refractivity contribution < 1.29 is 4.39 Å². The average molecular weight is 264 g/mol. The Balaban J connectivity index is 2.42. The van der Waals surface area contributed by atoms with Crippen LogP contribution in [0.2, 0.25) is 0 Å². The number of likely N-dealkylation sites (tertiary alicyclic amines) is 1. The van der Waals surface area contributed by atoms with E-state index in [0.29, 0.717) is 18.5 Å². The molecule has 2 nitrogen and oxygen atoms in total. The van der Waals surface area contributed by atoms with E-state index >= 15 is 0 Å². The predicted molar refractivity (Wildman–Crippen MR) is 77.5 cm³/mol. The Hall–Kier alpha value is -0.930. The molecule has 0 spiro atoms. The Morgan fingerprint density at radius 1 is 1.42 bits per heavy atom. The Kier molecular flexibility index (Phi) is 4.58. The molecule has 1 saturated heterocycles. The normalized spacial score (nSPS) is 24.9. The van der Waals surface area contributed by atoms with Gasteiger partial charge in [-0.1, -0.05) is 17.7 Å². The Morgan fingerprint density at radius 3 is 2.79 bits per heavy atom. The largest absolute Gasteiger partial charge is 0.330 e. The molecule has 1 aliphatic heterocycles. The summed E-state index contributed by atoms with van der Waals surface area (Å²) < 4.78 is 14.2. The molecule has 0 bridgehead atoms. The summed E-state index contributed by atoms with van der Waals surface area (Å²) in [6, 6.07) is 5.95. The van der Waals surface area contributed by atoms with Crippen LogP contribution in [-0.4, -0.2) is 24.0 Å². The van der Waals surface area contributed by atoms with E-state index in [1.807, 2.05) is 19.1 Å². The number of aryl methyl sites for hydroxylation is 1. The fraction of sp³-hybridized carbons (Fsp3) is 0.625. The number of halogens is 1. The first-order chi connectivity index (χ1) is 9.04. The van der Waals surface area contributed by atoms with Crippen LogP contribution in [0.3, 0.4) is 0 Å². The van der Waals surface area contributed by atoms with E-state index < -0.39 is 0 Å². The molecule has 2 unspecified atom stereocenters. The van der Waals surface area contributed by atoms with Crippen molar-refractivity contribution in [3.05, 3.63) is 35.1 Å². The molecular weight excluding hydrogens is 239 g/mol. The van der Waals surface area contributed by atoms with Gasteiger partial charge in [0.25, 0.3) is 0 Å². The van der Waals surface area contributed by atoms with Gasteiger partial charge in [0.15, 0.2) is 0 Å². The molecule has 0 radical (unpaired) electrons. The number of piperidine rings is 1. The van der Waals surface area contributed by atoms with Gasteiger partial charge in [0, 0.05) is 17.6 Å². The minimum Gasteiger partial charge on any atom is -0.330 e. The predicted octanol–water partition coefficient (Wildman–Crippen LogP) is 3.25. The first-order valence-corrected chi connectivity index (χ1v) is 7.26. The monoisotopic (exact) mass is 264 g/mol. The minimum atomic E-state index is -0.0957. The van der Waals surface area contributed by atoms with Crippen molar-refractivity contribution in [2.75, 3.05) is 13.1 Å². The standard InChI is InChI=1S/C16H25FN2/c1-11(2)19-8-4-5-13(10-18)16(19)14-9-12(3)6-7-15(14)17/h6-7,9,11,13,16H,4-5,8,10,18H2,1-3H3. The van der Waals surface area contributed by atoms with Gasteiger partial charge in [-0.25, -0.2) is 4.39 Å². The van der Waals surface area contributed by atoms with Gasteiger partial charge in [-0.2, -0.15) is 0 Å². The van der Waals surface area contributed by atoms with Crippen LogP contribution in [0.5, 0.6) is 0 Å². The number of rotatable bonds is 3. The van der Waals surface area contributed by atoms with Crippen molar-refractivity contribution in [2.24, 2.45) is 11.7 Å². The summed E-state index contributed by atoms with van der Waals surface area (Å²) in [4.78, 5) is 2.40. The summed E-state index contributed by atoms with van der Waals surface area (Å²) in [7, 11) is 0. The quantitative estimate of drug-likeness (QED) is 0.908. The summed E-state index contributed by atoms with van der Waals surface area (Å²) in [6.07, 6.45) is 2.25. The fourth-order valence-electron chi connectivity index (χ4n) is 3.25. The van der Waals surface area contributed by atoms with E-state index in [1.165, 1.54) is 0 Å². The first-order valence-electron chi connectivity index (χ1n) is 7.26. The van der Waals surface area contributed by atoms with E-state index in [9.17, 15) is 4.39 Å². The second-order valence-electron chi connectivity index (χ2n) is 5.94. The number of nitrogens with zero attached hydrogens (tertiary/aromatic N) is 1. The molecule has 0 aromatic heterocycles. The van der Waals surface area contributed by atoms with Crippen LogP contribution >= 0.6 is 0 Å². The minimum absolute atomic E-state index is 0.0957. The van der Waals surface area contributed by atoms with E-state index in [1.54, 1.807) is 6.07 Å². The third kappa shape index (κ3) is 2.98. The van der Waals surface area contributed by atoms with Crippen LogP contribution in [0, 0.1) is 18.7 Å². The molecule has 2 N–H and O–H groups in total. The molecule has 2 rings (SSSR count). The van der Waals surface area contributed by atoms with E-state index in [-0.39, 0.29) is 11.9 Å². The van der Waals surface area contributed by atoms with Gasteiger partial charge in [-0.3, -0.25) is 4.90 Å². The molecule has 0 saturated carbocycles. The molecule has 1 fully saturated rings. The molecule has 106 valence electrons. The van der Waals surface area contributed by atoms with Crippen LogP contribution in [0.25, 0.3) is 0 Å². The van der Waals surface area contributed by atoms with Crippen LogP contribution in [0.4, 0.5) is 4.39 Å². The first kappa shape index (κ1) is 14.5. The topological polar surface area (TPSA) is 29.3 Å². The molecule has 1 heterocycles. The smallest absolute Gasteiger partial charge is 0.128 e. The SMILES string of the molecule is Cc1ccc(F)c(C2C(CN)CCCN2C(C)C)c1. The average Bonchev–Trinajstić information content (AvgIpc) is 2.40. The third-order valence-electron chi connectivity index (χ3n) is 4.23. The van der Waals surface area contributed by atoms with Crippen LogP contribution in [0.1, 0.15) is 43.9 Å². The van der Waals surface area contributed by atoms with Gasteiger partial charge in [-0.15, -0.1) is 0 Å². The van der Waals surface area contributed by atoms with Crippen molar-refractivity contribution in [3.8, 4) is 0 Å². The van der Waals surface area contributed by atoms with E-state index in [0.717, 1.165) is 30.5 Å². The maximum atomic E-state index is 14.2. The molecular formula is C16H25FN2. The van der Waals surface area contributed by atoms with Gasteiger partial charge >= 0.3 is 0 Å². The highest BCUT2D eigenvalue weighted by atomic mass is 19.1. The lowest BCUT2D eigenvalue weighted by atomic mass is 9.83. The molecule has 0 aliphatic carbocycles.